The standard InChI is InChI=1S/C27H36N4O4/c1-34-12-5-11-30-17-20(23-6-2-3-7-24(23)30)18-31(22-9-10-22)27(33)19-14-21(16-28-15-19)29-26(32)25-8-4-13-35-25/h2-3,6-7,17,19,22,25,28H,4-5,8-16,18H2,1H3. The van der Waals surface area contributed by atoms with Crippen LogP contribution in [0.4, 0.5) is 0 Å². The molecule has 2 amide bonds. The van der Waals surface area contributed by atoms with Gasteiger partial charge in [-0.05, 0) is 50.2 Å². The molecule has 1 aromatic carbocycles. The highest BCUT2D eigenvalue weighted by Crippen LogP contribution is 2.33. The highest BCUT2D eigenvalue weighted by Gasteiger charge is 2.37. The van der Waals surface area contributed by atoms with Crippen LogP contribution in [-0.2, 0) is 32.2 Å². The van der Waals surface area contributed by atoms with Crippen molar-refractivity contribution in [2.24, 2.45) is 10.9 Å². The van der Waals surface area contributed by atoms with Gasteiger partial charge in [0.05, 0.1) is 5.92 Å². The van der Waals surface area contributed by atoms with Crippen LogP contribution in [-0.4, -0.2) is 72.6 Å². The van der Waals surface area contributed by atoms with Crippen LogP contribution in [0.25, 0.3) is 10.9 Å². The predicted molar refractivity (Wildman–Crippen MR) is 134 cm³/mol. The monoisotopic (exact) mass is 480 g/mol. The Kier molecular flexibility index (Phi) is 7.60. The fourth-order valence-electron chi connectivity index (χ4n) is 5.28. The van der Waals surface area contributed by atoms with Gasteiger partial charge in [-0.2, -0.15) is 0 Å². The van der Waals surface area contributed by atoms with Crippen molar-refractivity contribution in [2.45, 2.75) is 63.8 Å². The summed E-state index contributed by atoms with van der Waals surface area (Å²) >= 11 is 0. The summed E-state index contributed by atoms with van der Waals surface area (Å²) in [6.07, 6.45) is 7.01. The minimum atomic E-state index is -0.414. The second-order valence-electron chi connectivity index (χ2n) is 9.96. The van der Waals surface area contributed by atoms with E-state index in [0.29, 0.717) is 38.7 Å². The Morgan fingerprint density at radius 3 is 2.89 bits per heavy atom. The summed E-state index contributed by atoms with van der Waals surface area (Å²) in [6.45, 7) is 4.02. The van der Waals surface area contributed by atoms with E-state index in [1.807, 2.05) is 0 Å². The Hall–Kier alpha value is -2.55. The number of fused-ring (bicyclic) bond motifs is 1. The van der Waals surface area contributed by atoms with Crippen molar-refractivity contribution in [1.29, 1.82) is 0 Å². The van der Waals surface area contributed by atoms with Crippen molar-refractivity contribution in [3.63, 3.8) is 0 Å². The van der Waals surface area contributed by atoms with E-state index >= 15 is 0 Å². The molecule has 2 atom stereocenters. The molecule has 1 N–H and O–H groups in total. The predicted octanol–water partition coefficient (Wildman–Crippen LogP) is 2.92. The van der Waals surface area contributed by atoms with Crippen LogP contribution < -0.4 is 5.32 Å². The van der Waals surface area contributed by atoms with E-state index in [9.17, 15) is 9.59 Å². The first kappa shape index (κ1) is 24.2. The van der Waals surface area contributed by atoms with E-state index in [-0.39, 0.29) is 17.7 Å². The Balaban J connectivity index is 1.31. The van der Waals surface area contributed by atoms with Gasteiger partial charge in [0.1, 0.15) is 6.10 Å². The quantitative estimate of drug-likeness (QED) is 0.558. The van der Waals surface area contributed by atoms with Crippen LogP contribution >= 0.6 is 0 Å². The zero-order valence-corrected chi connectivity index (χ0v) is 20.6. The third-order valence-corrected chi connectivity index (χ3v) is 7.25. The lowest BCUT2D eigenvalue weighted by atomic mass is 9.96. The zero-order chi connectivity index (χ0) is 24.2. The lowest BCUT2D eigenvalue weighted by molar-refractivity contribution is -0.136. The molecule has 8 heteroatoms. The van der Waals surface area contributed by atoms with Crippen molar-refractivity contribution in [3.8, 4) is 0 Å². The average Bonchev–Trinajstić information content (AvgIpc) is 3.44. The highest BCUT2D eigenvalue weighted by molar-refractivity contribution is 6.01. The number of aryl methyl sites for hydroxylation is 1. The molecule has 2 saturated heterocycles. The zero-order valence-electron chi connectivity index (χ0n) is 20.6. The van der Waals surface area contributed by atoms with Gasteiger partial charge in [-0.15, -0.1) is 0 Å². The summed E-state index contributed by atoms with van der Waals surface area (Å²) in [7, 11) is 1.73. The molecule has 1 aromatic heterocycles. The molecule has 0 radical (unpaired) electrons. The lowest BCUT2D eigenvalue weighted by Crippen LogP contribution is -2.46. The summed E-state index contributed by atoms with van der Waals surface area (Å²) in [5.74, 6) is -0.239. The maximum absolute atomic E-state index is 13.7. The molecule has 35 heavy (non-hydrogen) atoms. The van der Waals surface area contributed by atoms with Crippen molar-refractivity contribution < 1.29 is 19.1 Å². The first-order chi connectivity index (χ1) is 17.1. The van der Waals surface area contributed by atoms with E-state index in [2.05, 4.69) is 50.2 Å². The van der Waals surface area contributed by atoms with Gasteiger partial charge in [0.15, 0.2) is 0 Å². The third-order valence-electron chi connectivity index (χ3n) is 7.25. The van der Waals surface area contributed by atoms with E-state index in [1.54, 1.807) is 7.11 Å². The first-order valence-electron chi connectivity index (χ1n) is 12.9. The normalized spacial score (nSPS) is 23.7. The molecule has 0 spiro atoms. The fourth-order valence-corrected chi connectivity index (χ4v) is 5.28. The fraction of sp³-hybridized carbons (Fsp3) is 0.593. The summed E-state index contributed by atoms with van der Waals surface area (Å²) in [5, 5.41) is 4.52. The molecule has 0 bridgehead atoms. The molecule has 3 heterocycles. The SMILES string of the molecule is COCCCn1cc(CN(C(=O)C2CNCC(=NC(=O)C3CCCO3)C2)C2CC2)c2ccccc21. The summed E-state index contributed by atoms with van der Waals surface area (Å²) < 4.78 is 13.0. The molecule has 3 aliphatic rings. The van der Waals surface area contributed by atoms with Crippen LogP contribution in [0.5, 0.6) is 0 Å². The summed E-state index contributed by atoms with van der Waals surface area (Å²) in [6, 6.07) is 8.72. The molecule has 2 aromatic rings. The molecule has 2 unspecified atom stereocenters. The van der Waals surface area contributed by atoms with Crippen molar-refractivity contribution >= 4 is 28.4 Å². The van der Waals surface area contributed by atoms with Gasteiger partial charge in [-0.3, -0.25) is 9.59 Å². The van der Waals surface area contributed by atoms with Crippen molar-refractivity contribution in [3.05, 3.63) is 36.0 Å². The molecule has 5 rings (SSSR count). The van der Waals surface area contributed by atoms with E-state index in [1.165, 1.54) is 16.5 Å². The van der Waals surface area contributed by atoms with Gasteiger partial charge in [0, 0.05) is 75.4 Å². The largest absolute Gasteiger partial charge is 0.385 e. The number of para-hydroxylation sites is 1. The number of ether oxygens (including phenoxy) is 2. The molecule has 1 saturated carbocycles. The van der Waals surface area contributed by atoms with Gasteiger partial charge in [-0.1, -0.05) is 18.2 Å². The highest BCUT2D eigenvalue weighted by atomic mass is 16.5. The van der Waals surface area contributed by atoms with Crippen LogP contribution in [0.3, 0.4) is 0 Å². The Labute approximate surface area is 206 Å². The van der Waals surface area contributed by atoms with Crippen LogP contribution in [0.15, 0.2) is 35.5 Å². The summed E-state index contributed by atoms with van der Waals surface area (Å²) in [5.41, 5.74) is 3.15. The number of rotatable bonds is 9. The molecule has 3 fully saturated rings. The number of aromatic nitrogens is 1. The number of aliphatic imine (C=N–C) groups is 1. The summed E-state index contributed by atoms with van der Waals surface area (Å²) in [4.78, 5) is 32.6. The van der Waals surface area contributed by atoms with Gasteiger partial charge >= 0.3 is 0 Å². The van der Waals surface area contributed by atoms with Crippen molar-refractivity contribution in [1.82, 2.24) is 14.8 Å². The number of methoxy groups -OCH3 is 1. The Bertz CT molecular complexity index is 1080. The van der Waals surface area contributed by atoms with Gasteiger partial charge < -0.3 is 24.3 Å². The van der Waals surface area contributed by atoms with Crippen molar-refractivity contribution in [2.75, 3.05) is 33.4 Å². The van der Waals surface area contributed by atoms with Gasteiger partial charge in [0.2, 0.25) is 5.91 Å². The van der Waals surface area contributed by atoms with Gasteiger partial charge in [0.25, 0.3) is 5.91 Å². The smallest absolute Gasteiger partial charge is 0.274 e. The maximum atomic E-state index is 13.7. The first-order valence-corrected chi connectivity index (χ1v) is 12.9. The Morgan fingerprint density at radius 1 is 1.26 bits per heavy atom. The maximum Gasteiger partial charge on any atom is 0.274 e. The molecule has 8 nitrogen and oxygen atoms in total. The number of hydrogen-bond donors (Lipinski definition) is 1. The van der Waals surface area contributed by atoms with E-state index in [4.69, 9.17) is 9.47 Å². The molecular formula is C27H36N4O4. The Morgan fingerprint density at radius 2 is 2.11 bits per heavy atom. The minimum Gasteiger partial charge on any atom is -0.385 e. The van der Waals surface area contributed by atoms with E-state index < -0.39 is 6.10 Å². The number of piperidine rings is 1. The lowest BCUT2D eigenvalue weighted by Gasteiger charge is -2.30. The van der Waals surface area contributed by atoms with Gasteiger partial charge in [-0.25, -0.2) is 4.99 Å². The topological polar surface area (TPSA) is 85.2 Å². The average molecular weight is 481 g/mol. The van der Waals surface area contributed by atoms with Crippen LogP contribution in [0.2, 0.25) is 0 Å². The third kappa shape index (κ3) is 5.66. The number of carbonyl (C=O) groups excluding carboxylic acids is 2. The number of benzene rings is 1. The molecule has 188 valence electrons. The molecule has 2 aliphatic heterocycles. The number of carbonyl (C=O) groups is 2. The number of hydrogen-bond acceptors (Lipinski definition) is 5. The second kappa shape index (κ2) is 11.0. The molecule has 1 aliphatic carbocycles. The van der Waals surface area contributed by atoms with Crippen LogP contribution in [0.1, 0.15) is 44.1 Å². The van der Waals surface area contributed by atoms with E-state index in [0.717, 1.165) is 51.0 Å². The second-order valence-corrected chi connectivity index (χ2v) is 9.96. The number of nitrogens with zero attached hydrogens (tertiary/aromatic N) is 3. The minimum absolute atomic E-state index is 0.160. The number of nitrogens with one attached hydrogen (secondary N) is 1. The number of amides is 2. The molecular weight excluding hydrogens is 444 g/mol. The van der Waals surface area contributed by atoms with Crippen LogP contribution in [0, 0.1) is 5.92 Å².